The predicted molar refractivity (Wildman–Crippen MR) is 75.8 cm³/mol. The van der Waals surface area contributed by atoms with Gasteiger partial charge in [0.25, 0.3) is 5.56 Å². The fourth-order valence-electron chi connectivity index (χ4n) is 2.26. The molecule has 0 spiro atoms. The van der Waals surface area contributed by atoms with Crippen molar-refractivity contribution >= 4 is 17.8 Å². The monoisotopic (exact) mass is 360 g/mol. The van der Waals surface area contributed by atoms with E-state index in [0.29, 0.717) is 6.07 Å². The number of nitrogens with one attached hydrogen (secondary N) is 1. The molecule has 0 atom stereocenters. The van der Waals surface area contributed by atoms with Crippen LogP contribution >= 0.6 is 0 Å². The third-order valence-electron chi connectivity index (χ3n) is 3.25. The summed E-state index contributed by atoms with van der Waals surface area (Å²) in [5, 5.41) is 18.3. The third-order valence-corrected chi connectivity index (χ3v) is 3.25. The summed E-state index contributed by atoms with van der Waals surface area (Å²) in [6, 6.07) is 1.85. The van der Waals surface area contributed by atoms with Crippen LogP contribution in [0, 0.1) is 5.82 Å². The number of hydrogen-bond acceptors (Lipinski definition) is 4. The molecule has 0 aliphatic carbocycles. The molecule has 0 radical (unpaired) electrons. The molecule has 0 saturated heterocycles. The van der Waals surface area contributed by atoms with Gasteiger partial charge in [-0.15, -0.1) is 0 Å². The highest BCUT2D eigenvalue weighted by Crippen LogP contribution is 2.37. The lowest BCUT2D eigenvalue weighted by atomic mass is 9.93. The van der Waals surface area contributed by atoms with Crippen LogP contribution < -0.4 is 11.3 Å². The van der Waals surface area contributed by atoms with Crippen LogP contribution in [-0.4, -0.2) is 27.1 Å². The molecule has 2 rings (SSSR count). The van der Waals surface area contributed by atoms with E-state index >= 15 is 0 Å². The minimum atomic E-state index is -5.13. The second-order valence-corrected chi connectivity index (χ2v) is 4.77. The Labute approximate surface area is 135 Å². The van der Waals surface area contributed by atoms with Crippen molar-refractivity contribution in [3.8, 4) is 11.1 Å². The normalized spacial score (nSPS) is 11.4. The van der Waals surface area contributed by atoms with Gasteiger partial charge in [-0.05, 0) is 6.07 Å². The molecule has 5 N–H and O–H groups in total. The van der Waals surface area contributed by atoms with Crippen LogP contribution in [0.5, 0.6) is 0 Å². The molecular weight excluding hydrogens is 352 g/mol. The van der Waals surface area contributed by atoms with Crippen molar-refractivity contribution in [2.24, 2.45) is 0 Å². The lowest BCUT2D eigenvalue weighted by molar-refractivity contribution is -0.139. The van der Waals surface area contributed by atoms with Crippen LogP contribution in [0.2, 0.25) is 0 Å². The maximum atomic E-state index is 14.3. The minimum Gasteiger partial charge on any atom is -0.478 e. The van der Waals surface area contributed by atoms with E-state index in [0.717, 1.165) is 12.1 Å². The van der Waals surface area contributed by atoms with Crippen molar-refractivity contribution < 1.29 is 37.4 Å². The van der Waals surface area contributed by atoms with E-state index in [4.69, 9.17) is 10.8 Å². The highest BCUT2D eigenvalue weighted by atomic mass is 19.4. The first-order valence-electron chi connectivity index (χ1n) is 6.35. The van der Waals surface area contributed by atoms with Crippen molar-refractivity contribution in [2.45, 2.75) is 6.18 Å². The molecular formula is C14H8F4N2O5. The summed E-state index contributed by atoms with van der Waals surface area (Å²) in [6.45, 7) is 0. The number of aromatic carboxylic acids is 2. The molecule has 0 aliphatic heterocycles. The van der Waals surface area contributed by atoms with Gasteiger partial charge in [0.15, 0.2) is 0 Å². The SMILES string of the molecule is Nc1[nH]c(=O)c(C(=O)O)c(-c2cccc(C(F)(F)F)c2F)c1C(=O)O. The molecule has 0 unspecified atom stereocenters. The second kappa shape index (κ2) is 5.92. The first kappa shape index (κ1) is 18.0. The van der Waals surface area contributed by atoms with Gasteiger partial charge in [0.05, 0.1) is 5.56 Å². The summed E-state index contributed by atoms with van der Waals surface area (Å²) in [4.78, 5) is 36.2. The number of carbonyl (C=O) groups is 2. The summed E-state index contributed by atoms with van der Waals surface area (Å²) in [7, 11) is 0. The Morgan fingerprint density at radius 3 is 2.12 bits per heavy atom. The molecule has 1 heterocycles. The Bertz CT molecular complexity index is 949. The fourth-order valence-corrected chi connectivity index (χ4v) is 2.26. The number of alkyl halides is 3. The van der Waals surface area contributed by atoms with Crippen molar-refractivity contribution in [1.82, 2.24) is 4.98 Å². The zero-order valence-electron chi connectivity index (χ0n) is 11.9. The number of H-pyrrole nitrogens is 1. The van der Waals surface area contributed by atoms with Crippen molar-refractivity contribution in [1.29, 1.82) is 0 Å². The average molecular weight is 360 g/mol. The van der Waals surface area contributed by atoms with Crippen molar-refractivity contribution in [3.05, 3.63) is 51.1 Å². The lowest BCUT2D eigenvalue weighted by Crippen LogP contribution is -2.24. The molecule has 0 fully saturated rings. The summed E-state index contributed by atoms with van der Waals surface area (Å²) in [5.74, 6) is -6.57. The van der Waals surface area contributed by atoms with Gasteiger partial charge in [0, 0.05) is 11.1 Å². The highest BCUT2D eigenvalue weighted by Gasteiger charge is 2.37. The first-order valence-corrected chi connectivity index (χ1v) is 6.35. The molecule has 0 amide bonds. The van der Waals surface area contributed by atoms with Crippen LogP contribution in [0.15, 0.2) is 23.0 Å². The molecule has 0 aliphatic rings. The number of pyridine rings is 1. The maximum absolute atomic E-state index is 14.3. The molecule has 1 aromatic carbocycles. The Kier molecular flexibility index (Phi) is 4.26. The standard InChI is InChI=1S/C14H8F4N2O5/c15-9-4(2-1-3-5(9)14(16,17)18)6-7(12(22)23)10(19)20-11(21)8(6)13(24)25/h1-3H,(H,22,23)(H,24,25)(H3,19,20,21). The topological polar surface area (TPSA) is 133 Å². The highest BCUT2D eigenvalue weighted by molar-refractivity contribution is 6.07. The van der Waals surface area contributed by atoms with E-state index in [-0.39, 0.29) is 0 Å². The number of carboxylic acids is 2. The molecule has 7 nitrogen and oxygen atoms in total. The molecule has 11 heteroatoms. The molecule has 132 valence electrons. The van der Waals surface area contributed by atoms with E-state index in [1.165, 1.54) is 0 Å². The van der Waals surface area contributed by atoms with Gasteiger partial charge >= 0.3 is 18.1 Å². The molecule has 1 aromatic heterocycles. The zero-order chi connectivity index (χ0) is 19.1. The zero-order valence-corrected chi connectivity index (χ0v) is 11.9. The van der Waals surface area contributed by atoms with E-state index in [1.807, 2.05) is 0 Å². The number of aromatic nitrogens is 1. The van der Waals surface area contributed by atoms with E-state index < -0.39 is 63.1 Å². The van der Waals surface area contributed by atoms with Gasteiger partial charge in [0.1, 0.15) is 22.8 Å². The Morgan fingerprint density at radius 1 is 1.08 bits per heavy atom. The van der Waals surface area contributed by atoms with Crippen molar-refractivity contribution in [3.63, 3.8) is 0 Å². The Morgan fingerprint density at radius 2 is 1.64 bits per heavy atom. The van der Waals surface area contributed by atoms with Crippen molar-refractivity contribution in [2.75, 3.05) is 5.73 Å². The van der Waals surface area contributed by atoms with Gasteiger partial charge in [0.2, 0.25) is 0 Å². The van der Waals surface area contributed by atoms with E-state index in [1.54, 1.807) is 4.98 Å². The average Bonchev–Trinajstić information content (AvgIpc) is 2.44. The number of nitrogen functional groups attached to an aromatic ring is 1. The van der Waals surface area contributed by atoms with Gasteiger partial charge in [-0.25, -0.2) is 14.0 Å². The van der Waals surface area contributed by atoms with Crippen LogP contribution in [0.25, 0.3) is 11.1 Å². The second-order valence-electron chi connectivity index (χ2n) is 4.77. The summed E-state index contributed by atoms with van der Waals surface area (Å²) in [5.41, 5.74) is -2.17. The van der Waals surface area contributed by atoms with Gasteiger partial charge < -0.3 is 20.9 Å². The number of benzene rings is 1. The van der Waals surface area contributed by atoms with Crippen LogP contribution in [-0.2, 0) is 6.18 Å². The number of rotatable bonds is 3. The fraction of sp³-hybridized carbons (Fsp3) is 0.0714. The summed E-state index contributed by atoms with van der Waals surface area (Å²) < 4.78 is 52.9. The molecule has 25 heavy (non-hydrogen) atoms. The first-order chi connectivity index (χ1) is 11.5. The number of aromatic amines is 1. The van der Waals surface area contributed by atoms with Gasteiger partial charge in [-0.1, -0.05) is 12.1 Å². The number of carboxylic acid groups (broad SMARTS) is 2. The van der Waals surface area contributed by atoms with Crippen LogP contribution in [0.1, 0.15) is 26.3 Å². The predicted octanol–water partition coefficient (Wildman–Crippen LogP) is 2.18. The Balaban J connectivity index is 3.05. The van der Waals surface area contributed by atoms with Crippen LogP contribution in [0.4, 0.5) is 23.4 Å². The Hall–Kier alpha value is -3.37. The van der Waals surface area contributed by atoms with E-state index in [2.05, 4.69) is 0 Å². The quantitative estimate of drug-likeness (QED) is 0.620. The smallest absolute Gasteiger partial charge is 0.419 e. The molecule has 2 aromatic rings. The summed E-state index contributed by atoms with van der Waals surface area (Å²) >= 11 is 0. The largest absolute Gasteiger partial charge is 0.478 e. The third kappa shape index (κ3) is 3.03. The molecule has 0 bridgehead atoms. The maximum Gasteiger partial charge on any atom is 0.419 e. The number of anilines is 1. The minimum absolute atomic E-state index is 0.385. The number of nitrogens with two attached hydrogens (primary N) is 1. The summed E-state index contributed by atoms with van der Waals surface area (Å²) in [6.07, 6.45) is -5.13. The van der Waals surface area contributed by atoms with Crippen LogP contribution in [0.3, 0.4) is 0 Å². The lowest BCUT2D eigenvalue weighted by Gasteiger charge is -2.15. The van der Waals surface area contributed by atoms with Gasteiger partial charge in [-0.2, -0.15) is 13.2 Å². The van der Waals surface area contributed by atoms with Gasteiger partial charge in [-0.3, -0.25) is 4.79 Å². The molecule has 0 saturated carbocycles. The number of halogens is 4. The number of hydrogen-bond donors (Lipinski definition) is 4. The van der Waals surface area contributed by atoms with E-state index in [9.17, 15) is 37.1 Å².